The van der Waals surface area contributed by atoms with E-state index in [1.54, 1.807) is 0 Å². The van der Waals surface area contributed by atoms with Crippen molar-refractivity contribution in [3.05, 3.63) is 22.6 Å². The van der Waals surface area contributed by atoms with Gasteiger partial charge in [0.25, 0.3) is 0 Å². The van der Waals surface area contributed by atoms with Crippen molar-refractivity contribution in [2.75, 3.05) is 24.7 Å². The lowest BCUT2D eigenvalue weighted by atomic mass is 10.2. The van der Waals surface area contributed by atoms with Crippen LogP contribution >= 0.6 is 11.3 Å². The summed E-state index contributed by atoms with van der Waals surface area (Å²) in [5, 5.41) is 26.4. The summed E-state index contributed by atoms with van der Waals surface area (Å²) in [4.78, 5) is 12.5. The third kappa shape index (κ3) is 4.43. The van der Waals surface area contributed by atoms with Gasteiger partial charge in [-0.1, -0.05) is 13.3 Å². The van der Waals surface area contributed by atoms with Crippen LogP contribution in [0.5, 0.6) is 6.01 Å². The van der Waals surface area contributed by atoms with E-state index in [9.17, 15) is 18.3 Å². The van der Waals surface area contributed by atoms with Crippen molar-refractivity contribution >= 4 is 27.4 Å². The molecule has 4 heterocycles. The summed E-state index contributed by atoms with van der Waals surface area (Å²) < 4.78 is 45.9. The Morgan fingerprint density at radius 1 is 1.26 bits per heavy atom. The number of fused-ring (bicyclic) bond motifs is 2. The summed E-state index contributed by atoms with van der Waals surface area (Å²) in [5.41, 5.74) is 0. The summed E-state index contributed by atoms with van der Waals surface area (Å²) in [7, 11) is 0. The SMILES string of the molecule is CCCc1cc2c(N3CCn4c(nnc4C(F)(F)F)C3)nc(OCC(O)CO)nc2s1. The Labute approximate surface area is 179 Å². The van der Waals surface area contributed by atoms with Crippen molar-refractivity contribution in [1.82, 2.24) is 24.7 Å². The van der Waals surface area contributed by atoms with Gasteiger partial charge in [0.1, 0.15) is 23.4 Å². The van der Waals surface area contributed by atoms with Crippen LogP contribution in [0.3, 0.4) is 0 Å². The molecule has 0 saturated carbocycles. The molecule has 1 unspecified atom stereocenters. The van der Waals surface area contributed by atoms with Crippen LogP contribution in [0.4, 0.5) is 19.0 Å². The maximum Gasteiger partial charge on any atom is 0.451 e. The number of halogens is 3. The zero-order chi connectivity index (χ0) is 22.2. The molecule has 9 nitrogen and oxygen atoms in total. The number of anilines is 1. The van der Waals surface area contributed by atoms with E-state index in [4.69, 9.17) is 9.84 Å². The first-order valence-corrected chi connectivity index (χ1v) is 10.6. The lowest BCUT2D eigenvalue weighted by Gasteiger charge is -2.29. The summed E-state index contributed by atoms with van der Waals surface area (Å²) in [6.07, 6.45) is -3.82. The van der Waals surface area contributed by atoms with Crippen molar-refractivity contribution in [3.8, 4) is 6.01 Å². The molecule has 0 fully saturated rings. The van der Waals surface area contributed by atoms with E-state index >= 15 is 0 Å². The van der Waals surface area contributed by atoms with Gasteiger partial charge >= 0.3 is 12.2 Å². The molecule has 0 aliphatic carbocycles. The molecule has 0 radical (unpaired) electrons. The first-order valence-electron chi connectivity index (χ1n) is 9.76. The largest absolute Gasteiger partial charge is 0.461 e. The van der Waals surface area contributed by atoms with Crippen LogP contribution in [0.25, 0.3) is 10.2 Å². The van der Waals surface area contributed by atoms with Crippen molar-refractivity contribution in [2.45, 2.75) is 45.1 Å². The number of aromatic nitrogens is 5. The number of ether oxygens (including phenoxy) is 1. The van der Waals surface area contributed by atoms with E-state index in [0.29, 0.717) is 10.6 Å². The van der Waals surface area contributed by atoms with Gasteiger partial charge in [-0.2, -0.15) is 23.1 Å². The van der Waals surface area contributed by atoms with Crippen LogP contribution in [0, 0.1) is 0 Å². The fourth-order valence-electron chi connectivity index (χ4n) is 3.38. The Bertz CT molecular complexity index is 1070. The van der Waals surface area contributed by atoms with Crippen LogP contribution < -0.4 is 9.64 Å². The molecular weight excluding hydrogens is 437 g/mol. The third-order valence-corrected chi connectivity index (χ3v) is 5.91. The van der Waals surface area contributed by atoms with Crippen LogP contribution in [0.15, 0.2) is 6.07 Å². The van der Waals surface area contributed by atoms with Crippen LogP contribution in [0.1, 0.15) is 29.9 Å². The molecule has 31 heavy (non-hydrogen) atoms. The number of hydrogen-bond acceptors (Lipinski definition) is 9. The molecule has 0 spiro atoms. The minimum Gasteiger partial charge on any atom is -0.461 e. The molecule has 1 aliphatic heterocycles. The van der Waals surface area contributed by atoms with Gasteiger partial charge in [-0.3, -0.25) is 0 Å². The van der Waals surface area contributed by atoms with E-state index in [0.717, 1.165) is 27.7 Å². The van der Waals surface area contributed by atoms with E-state index in [2.05, 4.69) is 27.1 Å². The molecule has 1 aliphatic rings. The molecule has 1 atom stereocenters. The smallest absolute Gasteiger partial charge is 0.451 e. The average molecular weight is 458 g/mol. The van der Waals surface area contributed by atoms with Gasteiger partial charge in [-0.25, -0.2) is 0 Å². The number of aryl methyl sites for hydroxylation is 1. The predicted molar refractivity (Wildman–Crippen MR) is 106 cm³/mol. The minimum absolute atomic E-state index is 0.0305. The molecule has 168 valence electrons. The molecular formula is C18H21F3N6O3S. The topological polar surface area (TPSA) is 109 Å². The van der Waals surface area contributed by atoms with Gasteiger partial charge in [-0.05, 0) is 12.5 Å². The lowest BCUT2D eigenvalue weighted by molar-refractivity contribution is -0.147. The Kier molecular flexibility index (Phi) is 5.99. The fraction of sp³-hybridized carbons (Fsp3) is 0.556. The standard InChI is InChI=1S/C18H21F3N6O3S/c1-2-3-11-6-12-14(22-17(23-15(12)31-11)30-9-10(29)8-28)26-4-5-27-13(7-26)24-25-16(27)18(19,20)21/h6,10,28-29H,2-5,7-9H2,1H3. The maximum absolute atomic E-state index is 13.1. The highest BCUT2D eigenvalue weighted by Crippen LogP contribution is 2.35. The molecule has 4 rings (SSSR count). The quantitative estimate of drug-likeness (QED) is 0.554. The van der Waals surface area contributed by atoms with Crippen LogP contribution in [-0.4, -0.2) is 60.8 Å². The highest BCUT2D eigenvalue weighted by atomic mass is 32.1. The summed E-state index contributed by atoms with van der Waals surface area (Å²) in [6, 6.07) is 2.02. The Balaban J connectivity index is 1.69. The van der Waals surface area contributed by atoms with Gasteiger partial charge in [0.15, 0.2) is 5.82 Å². The van der Waals surface area contributed by atoms with Gasteiger partial charge in [0, 0.05) is 18.0 Å². The van der Waals surface area contributed by atoms with Gasteiger partial charge < -0.3 is 24.4 Å². The number of thiophene rings is 1. The van der Waals surface area contributed by atoms with E-state index in [1.807, 2.05) is 11.0 Å². The summed E-state index contributed by atoms with van der Waals surface area (Å²) >= 11 is 1.50. The first kappa shape index (κ1) is 21.7. The summed E-state index contributed by atoms with van der Waals surface area (Å²) in [5.74, 6) is -0.273. The number of alkyl halides is 3. The molecule has 3 aromatic rings. The predicted octanol–water partition coefficient (Wildman–Crippen LogP) is 2.01. The highest BCUT2D eigenvalue weighted by Gasteiger charge is 2.39. The maximum atomic E-state index is 13.1. The number of nitrogens with zero attached hydrogens (tertiary/aromatic N) is 6. The van der Waals surface area contributed by atoms with Gasteiger partial charge in [0.2, 0.25) is 5.82 Å². The molecule has 2 N–H and O–H groups in total. The van der Waals surface area contributed by atoms with Crippen molar-refractivity contribution in [3.63, 3.8) is 0 Å². The number of aliphatic hydroxyl groups excluding tert-OH is 2. The molecule has 13 heteroatoms. The molecule has 0 saturated heterocycles. The Morgan fingerprint density at radius 2 is 2.06 bits per heavy atom. The lowest BCUT2D eigenvalue weighted by Crippen LogP contribution is -2.36. The molecule has 0 amide bonds. The zero-order valence-electron chi connectivity index (χ0n) is 16.6. The highest BCUT2D eigenvalue weighted by molar-refractivity contribution is 7.18. The normalized spacial score (nSPS) is 15.4. The minimum atomic E-state index is -4.56. The zero-order valence-corrected chi connectivity index (χ0v) is 17.4. The summed E-state index contributed by atoms with van der Waals surface area (Å²) in [6.45, 7) is 1.87. The number of rotatable bonds is 7. The van der Waals surface area contributed by atoms with Crippen molar-refractivity contribution in [1.29, 1.82) is 0 Å². The monoisotopic (exact) mass is 458 g/mol. The average Bonchev–Trinajstić information content (AvgIpc) is 3.34. The van der Waals surface area contributed by atoms with E-state index in [1.165, 1.54) is 11.3 Å². The molecule has 3 aromatic heterocycles. The number of aliphatic hydroxyl groups is 2. The van der Waals surface area contributed by atoms with Gasteiger partial charge in [0.05, 0.1) is 18.5 Å². The van der Waals surface area contributed by atoms with Crippen molar-refractivity contribution in [2.24, 2.45) is 0 Å². The van der Waals surface area contributed by atoms with Crippen LogP contribution in [-0.2, 0) is 25.7 Å². The first-order chi connectivity index (χ1) is 14.8. The Hall–Kier alpha value is -2.51. The second-order valence-electron chi connectivity index (χ2n) is 7.17. The van der Waals surface area contributed by atoms with Crippen LogP contribution in [0.2, 0.25) is 0 Å². The number of hydrogen-bond donors (Lipinski definition) is 2. The fourth-order valence-corrected chi connectivity index (χ4v) is 4.50. The second kappa shape index (κ2) is 8.55. The Morgan fingerprint density at radius 3 is 2.77 bits per heavy atom. The van der Waals surface area contributed by atoms with Crippen molar-refractivity contribution < 1.29 is 28.1 Å². The third-order valence-electron chi connectivity index (χ3n) is 4.82. The second-order valence-corrected chi connectivity index (χ2v) is 8.28. The molecule has 0 bridgehead atoms. The van der Waals surface area contributed by atoms with Gasteiger partial charge in [-0.15, -0.1) is 21.5 Å². The molecule has 0 aromatic carbocycles. The van der Waals surface area contributed by atoms with E-state index < -0.39 is 24.7 Å². The van der Waals surface area contributed by atoms with E-state index in [-0.39, 0.29) is 38.1 Å².